The standard InChI is InChI=1S/C9H20N2O/c1-7(2)9(10)5-8-6-11-3-4-12-8/h7-9,11H,3-6,10H2,1-2H3. The van der Waals surface area contributed by atoms with Gasteiger partial charge in [0.15, 0.2) is 0 Å². The summed E-state index contributed by atoms with van der Waals surface area (Å²) < 4.78 is 5.56. The molecule has 12 heavy (non-hydrogen) atoms. The fourth-order valence-electron chi connectivity index (χ4n) is 1.35. The van der Waals surface area contributed by atoms with E-state index in [4.69, 9.17) is 10.5 Å². The van der Waals surface area contributed by atoms with Gasteiger partial charge in [-0.2, -0.15) is 0 Å². The van der Waals surface area contributed by atoms with Gasteiger partial charge in [0.2, 0.25) is 0 Å². The first kappa shape index (κ1) is 9.96. The lowest BCUT2D eigenvalue weighted by Crippen LogP contribution is -2.42. The van der Waals surface area contributed by atoms with Crippen LogP contribution in [0.5, 0.6) is 0 Å². The third-order valence-corrected chi connectivity index (χ3v) is 2.40. The summed E-state index contributed by atoms with van der Waals surface area (Å²) in [5.74, 6) is 0.551. The molecule has 0 aliphatic carbocycles. The highest BCUT2D eigenvalue weighted by molar-refractivity contribution is 4.75. The van der Waals surface area contributed by atoms with Crippen LogP contribution in [-0.2, 0) is 4.74 Å². The summed E-state index contributed by atoms with van der Waals surface area (Å²) in [6, 6.07) is 0.273. The summed E-state index contributed by atoms with van der Waals surface area (Å²) in [5.41, 5.74) is 5.94. The van der Waals surface area contributed by atoms with E-state index in [2.05, 4.69) is 19.2 Å². The maximum Gasteiger partial charge on any atom is 0.0714 e. The highest BCUT2D eigenvalue weighted by Crippen LogP contribution is 2.09. The van der Waals surface area contributed by atoms with Crippen molar-refractivity contribution in [2.75, 3.05) is 19.7 Å². The fourth-order valence-corrected chi connectivity index (χ4v) is 1.35. The molecule has 0 radical (unpaired) electrons. The lowest BCUT2D eigenvalue weighted by Gasteiger charge is -2.27. The Morgan fingerprint density at radius 1 is 1.58 bits per heavy atom. The predicted molar refractivity (Wildman–Crippen MR) is 50.0 cm³/mol. The average Bonchev–Trinajstić information content (AvgIpc) is 2.06. The first-order chi connectivity index (χ1) is 5.70. The van der Waals surface area contributed by atoms with Gasteiger partial charge in [-0.15, -0.1) is 0 Å². The highest BCUT2D eigenvalue weighted by Gasteiger charge is 2.18. The molecule has 0 spiro atoms. The lowest BCUT2D eigenvalue weighted by molar-refractivity contribution is 0.0170. The lowest BCUT2D eigenvalue weighted by atomic mass is 9.98. The number of nitrogens with one attached hydrogen (secondary N) is 1. The molecular formula is C9H20N2O. The van der Waals surface area contributed by atoms with E-state index in [9.17, 15) is 0 Å². The molecule has 0 amide bonds. The molecule has 1 fully saturated rings. The first-order valence-electron chi connectivity index (χ1n) is 4.78. The molecule has 3 heteroatoms. The summed E-state index contributed by atoms with van der Waals surface area (Å²) in [6.45, 7) is 7.07. The van der Waals surface area contributed by atoms with Gasteiger partial charge in [0, 0.05) is 19.1 Å². The maximum absolute atomic E-state index is 5.94. The van der Waals surface area contributed by atoms with Crippen LogP contribution < -0.4 is 11.1 Å². The van der Waals surface area contributed by atoms with E-state index < -0.39 is 0 Å². The molecule has 0 aromatic carbocycles. The number of rotatable bonds is 3. The Labute approximate surface area is 74.7 Å². The molecule has 1 heterocycles. The van der Waals surface area contributed by atoms with E-state index in [1.807, 2.05) is 0 Å². The van der Waals surface area contributed by atoms with Crippen LogP contribution in [0.1, 0.15) is 20.3 Å². The monoisotopic (exact) mass is 172 g/mol. The number of ether oxygens (including phenoxy) is 1. The molecule has 1 aliphatic rings. The largest absolute Gasteiger partial charge is 0.376 e. The Balaban J connectivity index is 2.20. The minimum absolute atomic E-state index is 0.273. The normalized spacial score (nSPS) is 27.5. The zero-order chi connectivity index (χ0) is 8.97. The predicted octanol–water partition coefficient (Wildman–Crippen LogP) is 0.348. The Kier molecular flexibility index (Phi) is 3.98. The number of hydrogen-bond acceptors (Lipinski definition) is 3. The quantitative estimate of drug-likeness (QED) is 0.645. The van der Waals surface area contributed by atoms with Gasteiger partial charge >= 0.3 is 0 Å². The van der Waals surface area contributed by atoms with E-state index in [1.54, 1.807) is 0 Å². The maximum atomic E-state index is 5.94. The fraction of sp³-hybridized carbons (Fsp3) is 1.00. The first-order valence-corrected chi connectivity index (χ1v) is 4.78. The summed E-state index contributed by atoms with van der Waals surface area (Å²) in [7, 11) is 0. The van der Waals surface area contributed by atoms with Crippen LogP contribution in [-0.4, -0.2) is 31.8 Å². The smallest absolute Gasteiger partial charge is 0.0714 e. The molecular weight excluding hydrogens is 152 g/mol. The summed E-state index contributed by atoms with van der Waals surface area (Å²) in [6.07, 6.45) is 1.31. The van der Waals surface area contributed by atoms with Gasteiger partial charge in [-0.1, -0.05) is 13.8 Å². The molecule has 2 atom stereocenters. The Hall–Kier alpha value is -0.120. The van der Waals surface area contributed by atoms with Gasteiger partial charge in [0.05, 0.1) is 12.7 Å². The summed E-state index contributed by atoms with van der Waals surface area (Å²) >= 11 is 0. The molecule has 3 N–H and O–H groups in total. The van der Waals surface area contributed by atoms with Gasteiger partial charge in [-0.05, 0) is 12.3 Å². The minimum atomic E-state index is 0.273. The van der Waals surface area contributed by atoms with Crippen molar-refractivity contribution in [2.24, 2.45) is 11.7 Å². The van der Waals surface area contributed by atoms with E-state index in [0.29, 0.717) is 12.0 Å². The molecule has 1 rings (SSSR count). The molecule has 0 bridgehead atoms. The van der Waals surface area contributed by atoms with Gasteiger partial charge in [-0.3, -0.25) is 0 Å². The van der Waals surface area contributed by atoms with Crippen molar-refractivity contribution in [1.29, 1.82) is 0 Å². The van der Waals surface area contributed by atoms with Gasteiger partial charge in [-0.25, -0.2) is 0 Å². The van der Waals surface area contributed by atoms with Crippen LogP contribution >= 0.6 is 0 Å². The van der Waals surface area contributed by atoms with Crippen LogP contribution in [0.25, 0.3) is 0 Å². The molecule has 1 saturated heterocycles. The van der Waals surface area contributed by atoms with E-state index in [-0.39, 0.29) is 6.04 Å². The highest BCUT2D eigenvalue weighted by atomic mass is 16.5. The van der Waals surface area contributed by atoms with E-state index >= 15 is 0 Å². The van der Waals surface area contributed by atoms with Crippen LogP contribution in [0.15, 0.2) is 0 Å². The topological polar surface area (TPSA) is 47.3 Å². The SMILES string of the molecule is CC(C)C(N)CC1CNCCO1. The molecule has 0 saturated carbocycles. The van der Waals surface area contributed by atoms with Crippen LogP contribution in [0, 0.1) is 5.92 Å². The van der Waals surface area contributed by atoms with Gasteiger partial charge in [0.25, 0.3) is 0 Å². The van der Waals surface area contributed by atoms with Crippen molar-refractivity contribution in [3.63, 3.8) is 0 Å². The zero-order valence-electron chi connectivity index (χ0n) is 8.05. The van der Waals surface area contributed by atoms with Crippen molar-refractivity contribution >= 4 is 0 Å². The van der Waals surface area contributed by atoms with Crippen molar-refractivity contribution in [3.8, 4) is 0 Å². The van der Waals surface area contributed by atoms with Crippen LogP contribution in [0.2, 0.25) is 0 Å². The number of morpholine rings is 1. The second-order valence-corrected chi connectivity index (χ2v) is 3.84. The van der Waals surface area contributed by atoms with Crippen molar-refractivity contribution in [3.05, 3.63) is 0 Å². The van der Waals surface area contributed by atoms with Crippen molar-refractivity contribution < 1.29 is 4.74 Å². The molecule has 0 aromatic rings. The number of nitrogens with two attached hydrogens (primary N) is 1. The van der Waals surface area contributed by atoms with Crippen molar-refractivity contribution in [1.82, 2.24) is 5.32 Å². The van der Waals surface area contributed by atoms with E-state index in [0.717, 1.165) is 26.1 Å². The molecule has 72 valence electrons. The summed E-state index contributed by atoms with van der Waals surface area (Å²) in [5, 5.41) is 3.30. The Morgan fingerprint density at radius 2 is 2.33 bits per heavy atom. The van der Waals surface area contributed by atoms with E-state index in [1.165, 1.54) is 0 Å². The van der Waals surface area contributed by atoms with Gasteiger partial charge in [0.1, 0.15) is 0 Å². The van der Waals surface area contributed by atoms with Crippen LogP contribution in [0.4, 0.5) is 0 Å². The van der Waals surface area contributed by atoms with Crippen molar-refractivity contribution in [2.45, 2.75) is 32.4 Å². The third kappa shape index (κ3) is 3.09. The molecule has 1 aliphatic heterocycles. The average molecular weight is 172 g/mol. The second-order valence-electron chi connectivity index (χ2n) is 3.84. The third-order valence-electron chi connectivity index (χ3n) is 2.40. The molecule has 2 unspecified atom stereocenters. The molecule has 3 nitrogen and oxygen atoms in total. The zero-order valence-corrected chi connectivity index (χ0v) is 8.05. The second kappa shape index (κ2) is 4.80. The van der Waals surface area contributed by atoms with Crippen LogP contribution in [0.3, 0.4) is 0 Å². The number of hydrogen-bond donors (Lipinski definition) is 2. The Morgan fingerprint density at radius 3 is 2.83 bits per heavy atom. The Bertz CT molecular complexity index is 122. The minimum Gasteiger partial charge on any atom is -0.376 e. The summed E-state index contributed by atoms with van der Waals surface area (Å²) in [4.78, 5) is 0. The molecule has 0 aromatic heterocycles. The van der Waals surface area contributed by atoms with Gasteiger partial charge < -0.3 is 15.8 Å².